The first-order chi connectivity index (χ1) is 28.3. The summed E-state index contributed by atoms with van der Waals surface area (Å²) in [5.41, 5.74) is -0.426. The van der Waals surface area contributed by atoms with Crippen molar-refractivity contribution in [3.63, 3.8) is 0 Å². The summed E-state index contributed by atoms with van der Waals surface area (Å²) < 4.78 is 24.7. The van der Waals surface area contributed by atoms with Crippen LogP contribution in [0.5, 0.6) is 0 Å². The minimum Gasteiger partial charge on any atom is -0.463 e. The molecular weight excluding hydrogens is 723 g/mol. The van der Waals surface area contributed by atoms with Crippen LogP contribution in [0.15, 0.2) is 12.2 Å². The summed E-state index contributed by atoms with van der Waals surface area (Å²) in [6.07, 6.45) is 41.2. The monoisotopic (exact) mass is 818 g/mol. The first kappa shape index (κ1) is 52.7. The fourth-order valence-corrected chi connectivity index (χ4v) is 8.93. The Balaban J connectivity index is 1.77. The normalized spacial score (nSPS) is 20.2. The molecule has 340 valence electrons. The predicted molar refractivity (Wildman–Crippen MR) is 243 cm³/mol. The van der Waals surface area contributed by atoms with Crippen molar-refractivity contribution in [2.75, 3.05) is 46.6 Å². The second-order valence-electron chi connectivity index (χ2n) is 18.7. The summed E-state index contributed by atoms with van der Waals surface area (Å²) in [6, 6.07) is 0. The number of piperidine rings is 1. The average Bonchev–Trinajstić information content (AvgIpc) is 3.59. The number of esters is 2. The van der Waals surface area contributed by atoms with Crippen molar-refractivity contribution in [3.8, 4) is 0 Å². The van der Waals surface area contributed by atoms with E-state index in [9.17, 15) is 9.59 Å². The first-order valence-corrected chi connectivity index (χ1v) is 25.2. The van der Waals surface area contributed by atoms with Gasteiger partial charge >= 0.3 is 11.9 Å². The number of hydrogen-bond donors (Lipinski definition) is 0. The van der Waals surface area contributed by atoms with Crippen LogP contribution in [0, 0.1) is 17.3 Å². The second-order valence-corrected chi connectivity index (χ2v) is 18.7. The lowest BCUT2D eigenvalue weighted by Gasteiger charge is -2.37. The number of carbonyl (C=O) groups is 2. The molecule has 58 heavy (non-hydrogen) atoms. The van der Waals surface area contributed by atoms with Gasteiger partial charge in [0.15, 0.2) is 0 Å². The lowest BCUT2D eigenvalue weighted by atomic mass is 9.80. The van der Waals surface area contributed by atoms with Crippen LogP contribution in [-0.4, -0.2) is 75.6 Å². The maximum atomic E-state index is 13.5. The van der Waals surface area contributed by atoms with Crippen LogP contribution >= 0.6 is 0 Å². The highest BCUT2D eigenvalue weighted by atomic mass is 16.6. The summed E-state index contributed by atoms with van der Waals surface area (Å²) in [5, 5.41) is 0. The van der Waals surface area contributed by atoms with Gasteiger partial charge < -0.3 is 23.8 Å². The fraction of sp³-hybridized carbons (Fsp3) is 0.922. The third kappa shape index (κ3) is 25.4. The molecule has 1 aliphatic heterocycles. The number of nitrogens with zero attached hydrogens (tertiary/aromatic N) is 1. The molecular formula is C51H95NO6. The number of ether oxygens (including phenoxy) is 4. The fourth-order valence-electron chi connectivity index (χ4n) is 8.93. The summed E-state index contributed by atoms with van der Waals surface area (Å²) in [4.78, 5) is 29.1. The zero-order valence-corrected chi connectivity index (χ0v) is 39.0. The summed E-state index contributed by atoms with van der Waals surface area (Å²) in [6.45, 7) is 12.7. The lowest BCUT2D eigenvalue weighted by molar-refractivity contribution is -0.165. The molecule has 4 unspecified atom stereocenters. The van der Waals surface area contributed by atoms with E-state index in [2.05, 4.69) is 51.8 Å². The molecule has 7 heteroatoms. The molecule has 0 spiro atoms. The van der Waals surface area contributed by atoms with Crippen molar-refractivity contribution in [1.29, 1.82) is 0 Å². The Bertz CT molecular complexity index is 1010. The Hall–Kier alpha value is -1.44. The van der Waals surface area contributed by atoms with E-state index in [1.807, 2.05) is 0 Å². The minimum atomic E-state index is -0.426. The molecule has 1 saturated heterocycles. The van der Waals surface area contributed by atoms with Crippen LogP contribution in [-0.2, 0) is 28.5 Å². The number of likely N-dealkylation sites (tertiary alicyclic amines) is 1. The summed E-state index contributed by atoms with van der Waals surface area (Å²) in [7, 11) is 2.11. The Morgan fingerprint density at radius 1 is 0.655 bits per heavy atom. The molecule has 0 bridgehead atoms. The van der Waals surface area contributed by atoms with Gasteiger partial charge in [0.1, 0.15) is 18.8 Å². The highest BCUT2D eigenvalue weighted by molar-refractivity contribution is 5.77. The molecule has 0 N–H and O–H groups in total. The van der Waals surface area contributed by atoms with Crippen LogP contribution in [0.25, 0.3) is 0 Å². The average molecular weight is 818 g/mol. The molecule has 2 fully saturated rings. The van der Waals surface area contributed by atoms with E-state index < -0.39 is 5.41 Å². The van der Waals surface area contributed by atoms with Gasteiger partial charge in [0.25, 0.3) is 0 Å². The largest absolute Gasteiger partial charge is 0.463 e. The van der Waals surface area contributed by atoms with E-state index in [1.165, 1.54) is 141 Å². The summed E-state index contributed by atoms with van der Waals surface area (Å²) in [5.74, 6) is 0.0315. The Morgan fingerprint density at radius 3 is 1.67 bits per heavy atom. The zero-order valence-electron chi connectivity index (χ0n) is 39.0. The highest BCUT2D eigenvalue weighted by Crippen LogP contribution is 2.41. The molecule has 1 aliphatic carbocycles. The van der Waals surface area contributed by atoms with Gasteiger partial charge in [-0.3, -0.25) is 9.59 Å². The standard InChI is InChI=1S/C51H95NO6/c1-6-9-12-14-16-18-20-22-24-26-28-31-40-55-43-46(56-41-32-29-27-25-23-21-19-17-15-13-10-7-2)44-57-49(53)42-45-34-35-48(47(45)33-30-11-8-3)58-50(54)51(4)36-38-52(5)39-37-51/h11,30,45-48H,6-10,12-29,31-44H2,1-5H3/b30-11-. The van der Waals surface area contributed by atoms with E-state index in [0.717, 1.165) is 71.1 Å². The van der Waals surface area contributed by atoms with Crippen LogP contribution in [0.2, 0.25) is 0 Å². The Labute approximate surface area is 359 Å². The van der Waals surface area contributed by atoms with E-state index in [1.54, 1.807) is 0 Å². The van der Waals surface area contributed by atoms with Gasteiger partial charge in [0.05, 0.1) is 12.0 Å². The maximum Gasteiger partial charge on any atom is 0.312 e. The van der Waals surface area contributed by atoms with Crippen LogP contribution in [0.3, 0.4) is 0 Å². The van der Waals surface area contributed by atoms with Crippen molar-refractivity contribution in [3.05, 3.63) is 12.2 Å². The molecule has 2 aliphatic rings. The van der Waals surface area contributed by atoms with Gasteiger partial charge in [-0.05, 0) is 84.3 Å². The molecule has 1 heterocycles. The van der Waals surface area contributed by atoms with Crippen molar-refractivity contribution >= 4 is 11.9 Å². The van der Waals surface area contributed by atoms with E-state index in [0.29, 0.717) is 19.6 Å². The Morgan fingerprint density at radius 2 is 1.16 bits per heavy atom. The first-order valence-electron chi connectivity index (χ1n) is 25.2. The van der Waals surface area contributed by atoms with Crippen molar-refractivity contribution in [2.24, 2.45) is 17.3 Å². The van der Waals surface area contributed by atoms with Gasteiger partial charge in [-0.1, -0.05) is 174 Å². The highest BCUT2D eigenvalue weighted by Gasteiger charge is 2.43. The third-order valence-corrected chi connectivity index (χ3v) is 13.2. The van der Waals surface area contributed by atoms with Crippen molar-refractivity contribution < 1.29 is 28.5 Å². The molecule has 0 aromatic heterocycles. The minimum absolute atomic E-state index is 0.0602. The quantitative estimate of drug-likeness (QED) is 0.0349. The smallest absolute Gasteiger partial charge is 0.312 e. The molecule has 2 rings (SSSR count). The van der Waals surface area contributed by atoms with Crippen molar-refractivity contribution in [2.45, 2.75) is 239 Å². The Kier molecular flexibility index (Phi) is 32.0. The van der Waals surface area contributed by atoms with Gasteiger partial charge in [-0.15, -0.1) is 0 Å². The molecule has 1 saturated carbocycles. The van der Waals surface area contributed by atoms with Crippen LogP contribution in [0.1, 0.15) is 227 Å². The van der Waals surface area contributed by atoms with Gasteiger partial charge in [-0.2, -0.15) is 0 Å². The van der Waals surface area contributed by atoms with Gasteiger partial charge in [0, 0.05) is 25.6 Å². The number of carbonyl (C=O) groups excluding carboxylic acids is 2. The summed E-state index contributed by atoms with van der Waals surface area (Å²) >= 11 is 0. The molecule has 4 atom stereocenters. The second kappa shape index (κ2) is 35.2. The van der Waals surface area contributed by atoms with E-state index in [-0.39, 0.29) is 42.6 Å². The third-order valence-electron chi connectivity index (χ3n) is 13.2. The van der Waals surface area contributed by atoms with Crippen molar-refractivity contribution in [1.82, 2.24) is 4.90 Å². The van der Waals surface area contributed by atoms with E-state index in [4.69, 9.17) is 18.9 Å². The molecule has 0 aromatic rings. The van der Waals surface area contributed by atoms with Crippen LogP contribution in [0.4, 0.5) is 0 Å². The lowest BCUT2D eigenvalue weighted by Crippen LogP contribution is -2.43. The van der Waals surface area contributed by atoms with Crippen LogP contribution < -0.4 is 0 Å². The number of unbranched alkanes of at least 4 members (excludes halogenated alkanes) is 22. The maximum absolute atomic E-state index is 13.5. The van der Waals surface area contributed by atoms with E-state index >= 15 is 0 Å². The number of hydrogen-bond acceptors (Lipinski definition) is 7. The molecule has 0 aromatic carbocycles. The number of rotatable bonds is 38. The van der Waals surface area contributed by atoms with Gasteiger partial charge in [-0.25, -0.2) is 0 Å². The molecule has 0 amide bonds. The SMILES string of the molecule is CC/C=C\CC1C(CC(=O)OCC(COCCCCCCCCCCCCCC)OCCCCCCCCCCCCCC)CCC1OC(=O)C1(C)CCN(C)CC1. The molecule has 7 nitrogen and oxygen atoms in total. The molecule has 0 radical (unpaired) electrons. The zero-order chi connectivity index (χ0) is 41.9. The van der Waals surface area contributed by atoms with Gasteiger partial charge in [0.2, 0.25) is 0 Å². The number of allylic oxidation sites excluding steroid dienone is 2. The predicted octanol–water partition coefficient (Wildman–Crippen LogP) is 13.7. The topological polar surface area (TPSA) is 74.3 Å².